The predicted octanol–water partition coefficient (Wildman–Crippen LogP) is 4.42. The van der Waals surface area contributed by atoms with E-state index >= 15 is 0 Å². The number of rotatable bonds is 13. The first-order chi connectivity index (χ1) is 16.5. The number of imidazole rings is 1. The highest BCUT2D eigenvalue weighted by molar-refractivity contribution is 7.59. The van der Waals surface area contributed by atoms with E-state index in [0.29, 0.717) is 55.1 Å². The molecule has 34 heavy (non-hydrogen) atoms. The minimum Gasteiger partial charge on any atom is -0.441 e. The number of para-hydroxylation sites is 1. The number of fused-ring (bicyclic) bond motifs is 1. The smallest absolute Gasteiger partial charge is 0.272 e. The number of nitrogens with two attached hydrogens (primary N) is 1. The Morgan fingerprint density at radius 1 is 1.21 bits per heavy atom. The van der Waals surface area contributed by atoms with Gasteiger partial charge in [-0.3, -0.25) is 4.57 Å². The Hall–Kier alpha value is -3.00. The summed E-state index contributed by atoms with van der Waals surface area (Å²) in [6.07, 6.45) is 11.1. The number of aromatic nitrogens is 4. The molecule has 0 bridgehead atoms. The van der Waals surface area contributed by atoms with Gasteiger partial charge in [-0.05, 0) is 37.5 Å². The number of benzene rings is 1. The molecule has 2 N–H and O–H groups in total. The molecule has 1 aromatic carbocycles. The van der Waals surface area contributed by atoms with Crippen LogP contribution in [0.3, 0.4) is 0 Å². The minimum absolute atomic E-state index is 0.000699. The Morgan fingerprint density at radius 3 is 2.85 bits per heavy atom. The number of nitrogens with zero attached hydrogens (tertiary/aromatic N) is 4. The Kier molecular flexibility index (Phi) is 8.11. The van der Waals surface area contributed by atoms with Crippen LogP contribution < -0.4 is 10.3 Å². The number of hydrogen-bond donors (Lipinski definition) is 1. The summed E-state index contributed by atoms with van der Waals surface area (Å²) in [6, 6.07) is 9.20. The molecule has 0 saturated heterocycles. The maximum absolute atomic E-state index is 13.7. The fourth-order valence-corrected chi connectivity index (χ4v) is 5.50. The van der Waals surface area contributed by atoms with Gasteiger partial charge in [-0.2, -0.15) is 0 Å². The second kappa shape index (κ2) is 11.4. The molecule has 2 heterocycles. The first-order valence-corrected chi connectivity index (χ1v) is 13.3. The molecule has 0 radical (unpaired) electrons. The molecule has 4 rings (SSSR count). The van der Waals surface area contributed by atoms with Crippen molar-refractivity contribution >= 4 is 24.4 Å². The van der Waals surface area contributed by atoms with Crippen LogP contribution in [0.1, 0.15) is 19.8 Å². The van der Waals surface area contributed by atoms with Crippen LogP contribution in [0.2, 0.25) is 0 Å². The molecule has 1 aliphatic carbocycles. The molecule has 180 valence electrons. The van der Waals surface area contributed by atoms with E-state index in [9.17, 15) is 4.57 Å². The van der Waals surface area contributed by atoms with Crippen molar-refractivity contribution in [2.45, 2.75) is 32.4 Å². The Labute approximate surface area is 199 Å². The van der Waals surface area contributed by atoms with Crippen LogP contribution in [-0.2, 0) is 20.6 Å². The van der Waals surface area contributed by atoms with Gasteiger partial charge < -0.3 is 24.3 Å². The molecule has 2 aromatic heterocycles. The number of allylic oxidation sites excluding steroid dienone is 2. The summed E-state index contributed by atoms with van der Waals surface area (Å²) in [6.45, 7) is 3.46. The lowest BCUT2D eigenvalue weighted by Gasteiger charge is -2.22. The molecule has 0 amide bonds. The molecule has 0 saturated carbocycles. The summed E-state index contributed by atoms with van der Waals surface area (Å²) in [5, 5.41) is 0. The molecular formula is C24H30N5O4P. The molecule has 0 fully saturated rings. The van der Waals surface area contributed by atoms with E-state index in [1.807, 2.05) is 29.7 Å². The average Bonchev–Trinajstić information content (AvgIpc) is 3.49. The van der Waals surface area contributed by atoms with Crippen molar-refractivity contribution in [3.8, 4) is 5.75 Å². The molecule has 0 spiro atoms. The van der Waals surface area contributed by atoms with Gasteiger partial charge >= 0.3 is 0 Å². The summed E-state index contributed by atoms with van der Waals surface area (Å²) in [5.74, 6) is 0.901. The van der Waals surface area contributed by atoms with Gasteiger partial charge in [-0.15, -0.1) is 0 Å². The van der Waals surface area contributed by atoms with Crippen LogP contribution in [0.5, 0.6) is 5.75 Å². The highest BCUT2D eigenvalue weighted by Crippen LogP contribution is 2.48. The van der Waals surface area contributed by atoms with Gasteiger partial charge in [0, 0.05) is 12.8 Å². The standard InChI is InChI=1S/C24H30N5O4P/c1-19(14-29-17-28-22-23(25)26-16-27-24(22)29)32-18-34(30,33-21-10-3-2-4-11-21)13-7-12-31-15-20-8-5-6-9-20/h2-5,8-11,16-17,19H,6-7,12-15,18H2,1H3,(H2,25,26,27)/t19-,34?/m1/s1. The minimum atomic E-state index is -3.11. The molecule has 1 unspecified atom stereocenters. The molecule has 9 nitrogen and oxygen atoms in total. The van der Waals surface area contributed by atoms with Crippen molar-refractivity contribution in [3.63, 3.8) is 0 Å². The van der Waals surface area contributed by atoms with Gasteiger partial charge in [-0.25, -0.2) is 15.0 Å². The van der Waals surface area contributed by atoms with Gasteiger partial charge in [0.1, 0.15) is 23.9 Å². The molecule has 0 aliphatic heterocycles. The monoisotopic (exact) mass is 483 g/mol. The first kappa shape index (κ1) is 24.1. The van der Waals surface area contributed by atoms with Crippen LogP contribution >= 0.6 is 7.37 Å². The molecule has 10 heteroatoms. The van der Waals surface area contributed by atoms with Crippen LogP contribution in [0.25, 0.3) is 11.2 Å². The van der Waals surface area contributed by atoms with E-state index in [4.69, 9.17) is 19.7 Å². The maximum Gasteiger partial charge on any atom is 0.272 e. The number of anilines is 1. The molecular weight excluding hydrogens is 453 g/mol. The number of nitrogen functional groups attached to an aromatic ring is 1. The molecule has 1 aliphatic rings. The zero-order chi connectivity index (χ0) is 23.8. The summed E-state index contributed by atoms with van der Waals surface area (Å²) >= 11 is 0. The number of hydrogen-bond acceptors (Lipinski definition) is 8. The quantitative estimate of drug-likeness (QED) is 0.281. The van der Waals surface area contributed by atoms with E-state index < -0.39 is 7.37 Å². The Bertz CT molecular complexity index is 1190. The van der Waals surface area contributed by atoms with Crippen molar-refractivity contribution in [2.75, 3.05) is 31.5 Å². The lowest BCUT2D eigenvalue weighted by atomic mass is 10.3. The third-order valence-electron chi connectivity index (χ3n) is 5.36. The fourth-order valence-electron chi connectivity index (χ4n) is 3.62. The average molecular weight is 484 g/mol. The highest BCUT2D eigenvalue weighted by Gasteiger charge is 2.26. The van der Waals surface area contributed by atoms with Crippen molar-refractivity contribution in [1.82, 2.24) is 19.5 Å². The van der Waals surface area contributed by atoms with E-state index in [2.05, 4.69) is 33.2 Å². The Morgan fingerprint density at radius 2 is 2.06 bits per heavy atom. The topological polar surface area (TPSA) is 114 Å². The van der Waals surface area contributed by atoms with Crippen molar-refractivity contribution < 1.29 is 18.6 Å². The van der Waals surface area contributed by atoms with Gasteiger partial charge in [0.15, 0.2) is 11.5 Å². The van der Waals surface area contributed by atoms with E-state index in [-0.39, 0.29) is 12.5 Å². The van der Waals surface area contributed by atoms with Gasteiger partial charge in [0.05, 0.1) is 25.6 Å². The summed E-state index contributed by atoms with van der Waals surface area (Å²) in [4.78, 5) is 12.5. The van der Waals surface area contributed by atoms with Crippen molar-refractivity contribution in [2.24, 2.45) is 0 Å². The van der Waals surface area contributed by atoms with Crippen LogP contribution in [0, 0.1) is 0 Å². The normalized spacial score (nSPS) is 15.9. The van der Waals surface area contributed by atoms with Crippen molar-refractivity contribution in [3.05, 3.63) is 66.8 Å². The summed E-state index contributed by atoms with van der Waals surface area (Å²) in [7, 11) is -3.11. The third kappa shape index (κ3) is 6.53. The lowest BCUT2D eigenvalue weighted by Crippen LogP contribution is -2.19. The second-order valence-electron chi connectivity index (χ2n) is 8.20. The largest absolute Gasteiger partial charge is 0.441 e. The molecule has 2 atom stereocenters. The summed E-state index contributed by atoms with van der Waals surface area (Å²) in [5.41, 5.74) is 8.23. The van der Waals surface area contributed by atoms with Crippen molar-refractivity contribution in [1.29, 1.82) is 0 Å². The first-order valence-electron chi connectivity index (χ1n) is 11.3. The second-order valence-corrected chi connectivity index (χ2v) is 10.7. The zero-order valence-corrected chi connectivity index (χ0v) is 20.1. The lowest BCUT2D eigenvalue weighted by molar-refractivity contribution is 0.0827. The predicted molar refractivity (Wildman–Crippen MR) is 132 cm³/mol. The maximum atomic E-state index is 13.7. The number of ether oxygens (including phenoxy) is 2. The zero-order valence-electron chi connectivity index (χ0n) is 19.2. The highest BCUT2D eigenvalue weighted by atomic mass is 31.2. The molecule has 3 aromatic rings. The van der Waals surface area contributed by atoms with Crippen LogP contribution in [0.4, 0.5) is 5.82 Å². The van der Waals surface area contributed by atoms with E-state index in [1.54, 1.807) is 18.5 Å². The van der Waals surface area contributed by atoms with Crippen LogP contribution in [0.15, 0.2) is 66.8 Å². The van der Waals surface area contributed by atoms with E-state index in [0.717, 1.165) is 6.42 Å². The third-order valence-corrected chi connectivity index (χ3v) is 7.44. The van der Waals surface area contributed by atoms with Gasteiger partial charge in [0.2, 0.25) is 0 Å². The van der Waals surface area contributed by atoms with Gasteiger partial charge in [-0.1, -0.05) is 36.4 Å². The van der Waals surface area contributed by atoms with Gasteiger partial charge in [0.25, 0.3) is 7.37 Å². The van der Waals surface area contributed by atoms with Crippen LogP contribution in [-0.4, -0.2) is 51.3 Å². The van der Waals surface area contributed by atoms with E-state index in [1.165, 1.54) is 11.9 Å². The Balaban J connectivity index is 1.33. The SMILES string of the molecule is C[C@H](Cn1cnc2c(N)ncnc21)OCP(=O)(CCCOCC1=CCC=C1)Oc1ccccc1. The fraction of sp³-hybridized carbons (Fsp3) is 0.375. The summed E-state index contributed by atoms with van der Waals surface area (Å²) < 4.78 is 33.2.